The van der Waals surface area contributed by atoms with Crippen molar-refractivity contribution in [2.75, 3.05) is 26.3 Å². The second-order valence-electron chi connectivity index (χ2n) is 4.29. The number of morpholine rings is 1. The summed E-state index contributed by atoms with van der Waals surface area (Å²) >= 11 is 0. The van der Waals surface area contributed by atoms with E-state index in [2.05, 4.69) is 0 Å². The second-order valence-corrected chi connectivity index (χ2v) is 4.29. The van der Waals surface area contributed by atoms with E-state index in [1.54, 1.807) is 18.2 Å². The van der Waals surface area contributed by atoms with Crippen molar-refractivity contribution in [3.8, 4) is 11.5 Å². The van der Waals surface area contributed by atoms with Gasteiger partial charge in [-0.05, 0) is 12.1 Å². The second kappa shape index (κ2) is 6.25. The third-order valence-electron chi connectivity index (χ3n) is 2.91. The number of benzene rings is 1. The summed E-state index contributed by atoms with van der Waals surface area (Å²) in [5.74, 6) is -1.28. The fourth-order valence-electron chi connectivity index (χ4n) is 1.84. The number of nitrogens with zero attached hydrogens (tertiary/aromatic N) is 1. The molecule has 1 aliphatic rings. The van der Waals surface area contributed by atoms with Crippen molar-refractivity contribution in [1.29, 1.82) is 0 Å². The first-order valence-corrected chi connectivity index (χ1v) is 6.11. The van der Waals surface area contributed by atoms with Crippen LogP contribution in [0.1, 0.15) is 0 Å². The predicted molar refractivity (Wildman–Crippen MR) is 67.6 cm³/mol. The number of para-hydroxylation sites is 2. The topological polar surface area (TPSA) is 96.3 Å². The minimum atomic E-state index is -1.09. The van der Waals surface area contributed by atoms with E-state index in [9.17, 15) is 14.7 Å². The maximum Gasteiger partial charge on any atom is 0.334 e. The number of amides is 1. The summed E-state index contributed by atoms with van der Waals surface area (Å²) in [4.78, 5) is 24.1. The number of carbonyl (C=O) groups excluding carboxylic acids is 1. The SMILES string of the molecule is O=C(O)C1CN(C(=O)COc2ccccc2O)CCO1. The standard InChI is InChI=1S/C13H15NO6/c15-9-3-1-2-4-10(9)20-8-12(16)14-5-6-19-11(7-14)13(17)18/h1-4,11,15H,5-8H2,(H,17,18). The van der Waals surface area contributed by atoms with E-state index >= 15 is 0 Å². The van der Waals surface area contributed by atoms with Crippen LogP contribution in [-0.4, -0.2) is 59.4 Å². The zero-order valence-corrected chi connectivity index (χ0v) is 10.7. The highest BCUT2D eigenvalue weighted by atomic mass is 16.5. The molecule has 0 bridgehead atoms. The molecule has 0 aliphatic carbocycles. The molecule has 1 heterocycles. The number of hydrogen-bond donors (Lipinski definition) is 2. The summed E-state index contributed by atoms with van der Waals surface area (Å²) in [7, 11) is 0. The van der Waals surface area contributed by atoms with Gasteiger partial charge in [0.1, 0.15) is 0 Å². The molecule has 0 spiro atoms. The van der Waals surface area contributed by atoms with Gasteiger partial charge in [-0.1, -0.05) is 12.1 Å². The fraction of sp³-hybridized carbons (Fsp3) is 0.385. The lowest BCUT2D eigenvalue weighted by molar-refractivity contribution is -0.159. The molecule has 1 fully saturated rings. The minimum absolute atomic E-state index is 0.00169. The van der Waals surface area contributed by atoms with Gasteiger partial charge in [-0.2, -0.15) is 0 Å². The van der Waals surface area contributed by atoms with Crippen molar-refractivity contribution < 1.29 is 29.3 Å². The van der Waals surface area contributed by atoms with E-state index in [0.717, 1.165) is 0 Å². The molecule has 7 heteroatoms. The molecule has 20 heavy (non-hydrogen) atoms. The van der Waals surface area contributed by atoms with Gasteiger partial charge in [0.2, 0.25) is 0 Å². The monoisotopic (exact) mass is 281 g/mol. The van der Waals surface area contributed by atoms with Crippen molar-refractivity contribution in [2.24, 2.45) is 0 Å². The lowest BCUT2D eigenvalue weighted by Gasteiger charge is -2.30. The summed E-state index contributed by atoms with van der Waals surface area (Å²) in [6, 6.07) is 6.31. The van der Waals surface area contributed by atoms with E-state index in [1.165, 1.54) is 11.0 Å². The molecule has 0 aromatic heterocycles. The number of carbonyl (C=O) groups is 2. The van der Waals surface area contributed by atoms with Crippen LogP contribution in [0.15, 0.2) is 24.3 Å². The molecule has 2 N–H and O–H groups in total. The zero-order chi connectivity index (χ0) is 14.5. The van der Waals surface area contributed by atoms with E-state index in [-0.39, 0.29) is 37.2 Å². The molecule has 0 saturated carbocycles. The molecule has 1 aromatic carbocycles. The van der Waals surface area contributed by atoms with Crippen molar-refractivity contribution >= 4 is 11.9 Å². The van der Waals surface area contributed by atoms with Crippen LogP contribution in [0.4, 0.5) is 0 Å². The molecule has 1 amide bonds. The smallest absolute Gasteiger partial charge is 0.334 e. The number of aromatic hydroxyl groups is 1. The first kappa shape index (κ1) is 14.1. The molecule has 1 saturated heterocycles. The Bertz CT molecular complexity index is 503. The minimum Gasteiger partial charge on any atom is -0.504 e. The predicted octanol–water partition coefficient (Wildman–Crippen LogP) is 0.0830. The Kier molecular flexibility index (Phi) is 4.41. The Balaban J connectivity index is 1.89. The Labute approximate surface area is 115 Å². The molecule has 2 rings (SSSR count). The largest absolute Gasteiger partial charge is 0.504 e. The summed E-state index contributed by atoms with van der Waals surface area (Å²) < 4.78 is 10.2. The molecule has 1 atom stereocenters. The van der Waals surface area contributed by atoms with Crippen LogP contribution in [-0.2, 0) is 14.3 Å². The van der Waals surface area contributed by atoms with Crippen LogP contribution in [0.5, 0.6) is 11.5 Å². The average molecular weight is 281 g/mol. The first-order valence-electron chi connectivity index (χ1n) is 6.11. The maximum absolute atomic E-state index is 11.9. The Morgan fingerprint density at radius 1 is 1.40 bits per heavy atom. The van der Waals surface area contributed by atoms with Crippen molar-refractivity contribution in [2.45, 2.75) is 6.10 Å². The number of rotatable bonds is 4. The number of phenolic OH excluding ortho intramolecular Hbond substituents is 1. The van der Waals surface area contributed by atoms with Crippen LogP contribution in [0.3, 0.4) is 0 Å². The van der Waals surface area contributed by atoms with E-state index < -0.39 is 12.1 Å². The van der Waals surface area contributed by atoms with Crippen LogP contribution >= 0.6 is 0 Å². The van der Waals surface area contributed by atoms with Crippen molar-refractivity contribution in [3.63, 3.8) is 0 Å². The van der Waals surface area contributed by atoms with Gasteiger partial charge in [0, 0.05) is 6.54 Å². The molecule has 108 valence electrons. The van der Waals surface area contributed by atoms with E-state index in [1.807, 2.05) is 0 Å². The van der Waals surface area contributed by atoms with Crippen molar-refractivity contribution in [1.82, 2.24) is 4.90 Å². The van der Waals surface area contributed by atoms with Crippen molar-refractivity contribution in [3.05, 3.63) is 24.3 Å². The number of aliphatic carboxylic acids is 1. The molecule has 0 radical (unpaired) electrons. The number of phenols is 1. The Hall–Kier alpha value is -2.28. The molecule has 1 aromatic rings. The quantitative estimate of drug-likeness (QED) is 0.811. The number of ether oxygens (including phenoxy) is 2. The molecular weight excluding hydrogens is 266 g/mol. The van der Waals surface area contributed by atoms with Gasteiger partial charge >= 0.3 is 5.97 Å². The highest BCUT2D eigenvalue weighted by molar-refractivity contribution is 5.79. The first-order chi connectivity index (χ1) is 9.58. The third kappa shape index (κ3) is 3.39. The molecule has 7 nitrogen and oxygen atoms in total. The summed E-state index contributed by atoms with van der Waals surface area (Å²) in [5, 5.41) is 18.4. The van der Waals surface area contributed by atoms with E-state index in [4.69, 9.17) is 14.6 Å². The lowest BCUT2D eigenvalue weighted by atomic mass is 10.2. The number of carboxylic acid groups (broad SMARTS) is 1. The van der Waals surface area contributed by atoms with Gasteiger partial charge in [-0.3, -0.25) is 4.79 Å². The summed E-state index contributed by atoms with van der Waals surface area (Å²) in [5.41, 5.74) is 0. The van der Waals surface area contributed by atoms with Crippen LogP contribution in [0.2, 0.25) is 0 Å². The van der Waals surface area contributed by atoms with Gasteiger partial charge in [-0.25, -0.2) is 4.79 Å². The fourth-order valence-corrected chi connectivity index (χ4v) is 1.84. The molecular formula is C13H15NO6. The van der Waals surface area contributed by atoms with Gasteiger partial charge in [0.15, 0.2) is 24.2 Å². The highest BCUT2D eigenvalue weighted by Crippen LogP contribution is 2.24. The number of hydrogen-bond acceptors (Lipinski definition) is 5. The highest BCUT2D eigenvalue weighted by Gasteiger charge is 2.29. The van der Waals surface area contributed by atoms with Crippen LogP contribution < -0.4 is 4.74 Å². The summed E-state index contributed by atoms with van der Waals surface area (Å²) in [6.07, 6.45) is -1.00. The average Bonchev–Trinajstić information content (AvgIpc) is 2.46. The maximum atomic E-state index is 11.9. The third-order valence-corrected chi connectivity index (χ3v) is 2.91. The zero-order valence-electron chi connectivity index (χ0n) is 10.7. The van der Waals surface area contributed by atoms with E-state index in [0.29, 0.717) is 6.54 Å². The van der Waals surface area contributed by atoms with Crippen LogP contribution in [0.25, 0.3) is 0 Å². The lowest BCUT2D eigenvalue weighted by Crippen LogP contribution is -2.49. The Morgan fingerprint density at radius 3 is 2.85 bits per heavy atom. The summed E-state index contributed by atoms with van der Waals surface area (Å²) in [6.45, 7) is 0.244. The molecule has 1 unspecified atom stereocenters. The van der Waals surface area contributed by atoms with Gasteiger partial charge in [0.05, 0.1) is 13.2 Å². The van der Waals surface area contributed by atoms with Gasteiger partial charge in [-0.15, -0.1) is 0 Å². The van der Waals surface area contributed by atoms with Gasteiger partial charge < -0.3 is 24.6 Å². The normalized spacial score (nSPS) is 18.6. The molecule has 1 aliphatic heterocycles. The number of carboxylic acids is 1. The Morgan fingerprint density at radius 2 is 2.15 bits per heavy atom. The van der Waals surface area contributed by atoms with Crippen LogP contribution in [0, 0.1) is 0 Å². The van der Waals surface area contributed by atoms with Gasteiger partial charge in [0.25, 0.3) is 5.91 Å².